The van der Waals surface area contributed by atoms with Crippen LogP contribution < -0.4 is 9.47 Å². The first kappa shape index (κ1) is 20.7. The van der Waals surface area contributed by atoms with Gasteiger partial charge in [-0.1, -0.05) is 18.2 Å². The Morgan fingerprint density at radius 2 is 1.64 bits per heavy atom. The maximum Gasteiger partial charge on any atom is 0.134 e. The van der Waals surface area contributed by atoms with Crippen LogP contribution in [0.15, 0.2) is 76.1 Å². The van der Waals surface area contributed by atoms with E-state index in [1.807, 2.05) is 37.4 Å². The maximum absolute atomic E-state index is 13.0. The SMILES string of the molecule is COc1ccc(COc2ccc(CN(C)Sc3ccc(F)cc3)cc2Br)cc1. The van der Waals surface area contributed by atoms with E-state index in [4.69, 9.17) is 9.47 Å². The molecule has 0 aromatic heterocycles. The van der Waals surface area contributed by atoms with E-state index in [1.54, 1.807) is 31.2 Å². The van der Waals surface area contributed by atoms with Gasteiger partial charge in [0, 0.05) is 11.4 Å². The largest absolute Gasteiger partial charge is 0.497 e. The molecule has 0 atom stereocenters. The van der Waals surface area contributed by atoms with Crippen molar-refractivity contribution in [1.29, 1.82) is 0 Å². The highest BCUT2D eigenvalue weighted by atomic mass is 79.9. The van der Waals surface area contributed by atoms with Gasteiger partial charge in [0.2, 0.25) is 0 Å². The molecule has 28 heavy (non-hydrogen) atoms. The predicted octanol–water partition coefficient (Wildman–Crippen LogP) is 6.31. The minimum atomic E-state index is -0.221. The Balaban J connectivity index is 1.55. The van der Waals surface area contributed by atoms with Crippen LogP contribution in [0.25, 0.3) is 0 Å². The van der Waals surface area contributed by atoms with E-state index in [0.717, 1.165) is 38.5 Å². The molecule has 3 nitrogen and oxygen atoms in total. The predicted molar refractivity (Wildman–Crippen MR) is 115 cm³/mol. The van der Waals surface area contributed by atoms with Crippen molar-refractivity contribution in [2.45, 2.75) is 18.0 Å². The van der Waals surface area contributed by atoms with Crippen molar-refractivity contribution >= 4 is 27.9 Å². The molecule has 6 heteroatoms. The number of benzene rings is 3. The lowest BCUT2D eigenvalue weighted by atomic mass is 10.2. The second-order valence-electron chi connectivity index (χ2n) is 6.23. The molecule has 0 aliphatic rings. The van der Waals surface area contributed by atoms with E-state index in [-0.39, 0.29) is 5.82 Å². The van der Waals surface area contributed by atoms with E-state index < -0.39 is 0 Å². The molecular weight excluding hydrogens is 441 g/mol. The summed E-state index contributed by atoms with van der Waals surface area (Å²) in [5, 5.41) is 0. The van der Waals surface area contributed by atoms with Crippen molar-refractivity contribution in [3.05, 3.63) is 88.1 Å². The molecule has 0 unspecified atom stereocenters. The van der Waals surface area contributed by atoms with Crippen LogP contribution >= 0.6 is 27.9 Å². The summed E-state index contributed by atoms with van der Waals surface area (Å²) in [5.74, 6) is 1.41. The summed E-state index contributed by atoms with van der Waals surface area (Å²) >= 11 is 5.17. The Bertz CT molecular complexity index is 903. The van der Waals surface area contributed by atoms with Gasteiger partial charge in [0.15, 0.2) is 0 Å². The molecule has 0 aliphatic heterocycles. The molecule has 0 radical (unpaired) electrons. The van der Waals surface area contributed by atoms with Gasteiger partial charge in [0.05, 0.1) is 11.6 Å². The number of ether oxygens (including phenoxy) is 2. The van der Waals surface area contributed by atoms with Crippen LogP contribution in [0.1, 0.15) is 11.1 Å². The van der Waals surface area contributed by atoms with Crippen LogP contribution in [-0.4, -0.2) is 18.5 Å². The second-order valence-corrected chi connectivity index (χ2v) is 8.36. The summed E-state index contributed by atoms with van der Waals surface area (Å²) in [6.45, 7) is 1.24. The van der Waals surface area contributed by atoms with Gasteiger partial charge in [-0.2, -0.15) is 0 Å². The Morgan fingerprint density at radius 1 is 0.964 bits per heavy atom. The zero-order valence-corrected chi connectivity index (χ0v) is 18.1. The monoisotopic (exact) mass is 461 g/mol. The van der Waals surface area contributed by atoms with Crippen molar-refractivity contribution < 1.29 is 13.9 Å². The molecule has 0 spiro atoms. The van der Waals surface area contributed by atoms with Crippen LogP contribution in [-0.2, 0) is 13.2 Å². The third kappa shape index (κ3) is 5.99. The smallest absolute Gasteiger partial charge is 0.134 e. The van der Waals surface area contributed by atoms with Gasteiger partial charge in [-0.15, -0.1) is 0 Å². The van der Waals surface area contributed by atoms with Gasteiger partial charge in [0.25, 0.3) is 0 Å². The van der Waals surface area contributed by atoms with Crippen LogP contribution in [0.4, 0.5) is 4.39 Å². The number of halogens is 2. The first-order chi connectivity index (χ1) is 13.5. The molecule has 3 aromatic rings. The normalized spacial score (nSPS) is 10.9. The summed E-state index contributed by atoms with van der Waals surface area (Å²) < 4.78 is 27.1. The molecule has 3 rings (SSSR count). The summed E-state index contributed by atoms with van der Waals surface area (Å²) in [6, 6.07) is 20.4. The fraction of sp³-hybridized carbons (Fsp3) is 0.182. The highest BCUT2D eigenvalue weighted by Crippen LogP contribution is 2.29. The molecule has 0 aliphatic carbocycles. The highest BCUT2D eigenvalue weighted by molar-refractivity contribution is 9.10. The van der Waals surface area contributed by atoms with Gasteiger partial charge in [-0.05, 0) is 94.6 Å². The van der Waals surface area contributed by atoms with E-state index in [0.29, 0.717) is 6.61 Å². The van der Waals surface area contributed by atoms with E-state index in [1.165, 1.54) is 12.1 Å². The maximum atomic E-state index is 13.0. The van der Waals surface area contributed by atoms with Gasteiger partial charge < -0.3 is 9.47 Å². The molecule has 0 N–H and O–H groups in total. The Hall–Kier alpha value is -2.02. The number of hydrogen-bond donors (Lipinski definition) is 0. The Kier molecular flexibility index (Phi) is 7.36. The van der Waals surface area contributed by atoms with E-state index in [2.05, 4.69) is 32.4 Å². The number of rotatable bonds is 8. The summed E-state index contributed by atoms with van der Waals surface area (Å²) in [4.78, 5) is 1.00. The lowest BCUT2D eigenvalue weighted by Gasteiger charge is -2.16. The second kappa shape index (κ2) is 9.96. The molecular formula is C22H21BrFNO2S. The van der Waals surface area contributed by atoms with Crippen LogP contribution in [0.5, 0.6) is 11.5 Å². The van der Waals surface area contributed by atoms with Crippen LogP contribution in [0.3, 0.4) is 0 Å². The average molecular weight is 462 g/mol. The molecule has 0 amide bonds. The Morgan fingerprint density at radius 3 is 2.29 bits per heavy atom. The zero-order valence-electron chi connectivity index (χ0n) is 15.7. The summed E-state index contributed by atoms with van der Waals surface area (Å²) in [6.07, 6.45) is 0. The van der Waals surface area contributed by atoms with Crippen molar-refractivity contribution in [1.82, 2.24) is 4.31 Å². The van der Waals surface area contributed by atoms with Crippen LogP contribution in [0.2, 0.25) is 0 Å². The first-order valence-corrected chi connectivity index (χ1v) is 10.3. The molecule has 0 saturated carbocycles. The van der Waals surface area contributed by atoms with E-state index >= 15 is 0 Å². The standard InChI is InChI=1S/C22H21BrFNO2S/c1-25(28-20-10-6-18(24)7-11-20)14-17-5-12-22(21(23)13-17)27-15-16-3-8-19(26-2)9-4-16/h3-13H,14-15H2,1-2H3. The lowest BCUT2D eigenvalue weighted by molar-refractivity contribution is 0.304. The van der Waals surface area contributed by atoms with Gasteiger partial charge in [-0.3, -0.25) is 0 Å². The van der Waals surface area contributed by atoms with Gasteiger partial charge in [-0.25, -0.2) is 8.70 Å². The third-order valence-corrected chi connectivity index (χ3v) is 5.57. The number of nitrogens with zero attached hydrogens (tertiary/aromatic N) is 1. The van der Waals surface area contributed by atoms with Crippen molar-refractivity contribution in [2.24, 2.45) is 0 Å². The fourth-order valence-corrected chi connectivity index (χ4v) is 3.98. The first-order valence-electron chi connectivity index (χ1n) is 8.72. The minimum Gasteiger partial charge on any atom is -0.497 e. The molecule has 0 bridgehead atoms. The third-order valence-electron chi connectivity index (χ3n) is 4.03. The fourth-order valence-electron chi connectivity index (χ4n) is 2.61. The van der Waals surface area contributed by atoms with Crippen LogP contribution in [0, 0.1) is 5.82 Å². The van der Waals surface area contributed by atoms with Crippen molar-refractivity contribution in [3.63, 3.8) is 0 Å². The topological polar surface area (TPSA) is 21.7 Å². The molecule has 0 heterocycles. The van der Waals surface area contributed by atoms with E-state index in [9.17, 15) is 4.39 Å². The number of methoxy groups -OCH3 is 1. The summed E-state index contributed by atoms with van der Waals surface area (Å²) in [5.41, 5.74) is 2.23. The van der Waals surface area contributed by atoms with Crippen molar-refractivity contribution in [3.8, 4) is 11.5 Å². The Labute approximate surface area is 177 Å². The molecule has 0 fully saturated rings. The highest BCUT2D eigenvalue weighted by Gasteiger charge is 2.07. The van der Waals surface area contributed by atoms with Crippen molar-refractivity contribution in [2.75, 3.05) is 14.2 Å². The summed E-state index contributed by atoms with van der Waals surface area (Å²) in [7, 11) is 3.66. The lowest BCUT2D eigenvalue weighted by Crippen LogP contribution is -2.08. The quantitative estimate of drug-likeness (QED) is 0.366. The average Bonchev–Trinajstić information content (AvgIpc) is 2.69. The van der Waals surface area contributed by atoms with Gasteiger partial charge in [0.1, 0.15) is 23.9 Å². The molecule has 146 valence electrons. The molecule has 3 aromatic carbocycles. The molecule has 0 saturated heterocycles. The van der Waals surface area contributed by atoms with Gasteiger partial charge >= 0.3 is 0 Å². The zero-order chi connectivity index (χ0) is 19.9. The number of hydrogen-bond acceptors (Lipinski definition) is 4. The minimum absolute atomic E-state index is 0.221.